The van der Waals surface area contributed by atoms with Gasteiger partial charge < -0.3 is 15.4 Å². The zero-order valence-corrected chi connectivity index (χ0v) is 13.8. The summed E-state index contributed by atoms with van der Waals surface area (Å²) in [6.45, 7) is 7.92. The predicted octanol–water partition coefficient (Wildman–Crippen LogP) is 3.04. The summed E-state index contributed by atoms with van der Waals surface area (Å²) in [5.74, 6) is 0.567. The van der Waals surface area contributed by atoms with E-state index in [4.69, 9.17) is 10.5 Å². The van der Waals surface area contributed by atoms with Crippen LogP contribution in [-0.2, 0) is 16.7 Å². The second-order valence-corrected chi connectivity index (χ2v) is 7.63. The normalized spacial score (nSPS) is 27.3. The minimum atomic E-state index is -0.423. The van der Waals surface area contributed by atoms with Crippen molar-refractivity contribution in [1.82, 2.24) is 4.90 Å². The number of carbonyl (C=O) groups is 1. The highest BCUT2D eigenvalue weighted by molar-refractivity contribution is 5.68. The lowest BCUT2D eigenvalue weighted by Gasteiger charge is -2.33. The summed E-state index contributed by atoms with van der Waals surface area (Å²) in [6.07, 6.45) is 2.03. The standard InChI is InChI=1S/C18H26N2O2/c1-17(2,3)22-16(21)20-9-8-18(10-15(18)12-20)14-6-4-13(11-19)5-7-14/h4-7,15H,8-12,19H2,1-3H3. The van der Waals surface area contributed by atoms with Crippen LogP contribution in [0.2, 0.25) is 0 Å². The molecule has 1 aliphatic carbocycles. The summed E-state index contributed by atoms with van der Waals surface area (Å²) in [4.78, 5) is 14.1. The molecule has 120 valence electrons. The minimum Gasteiger partial charge on any atom is -0.444 e. The fraction of sp³-hybridized carbons (Fsp3) is 0.611. The van der Waals surface area contributed by atoms with E-state index in [9.17, 15) is 4.79 Å². The number of amides is 1. The van der Waals surface area contributed by atoms with E-state index in [1.54, 1.807) is 0 Å². The second-order valence-electron chi connectivity index (χ2n) is 7.63. The van der Waals surface area contributed by atoms with Crippen LogP contribution < -0.4 is 5.73 Å². The highest BCUT2D eigenvalue weighted by atomic mass is 16.6. The number of piperidine rings is 1. The van der Waals surface area contributed by atoms with Gasteiger partial charge in [0.2, 0.25) is 0 Å². The van der Waals surface area contributed by atoms with Crippen LogP contribution in [0.15, 0.2) is 24.3 Å². The highest BCUT2D eigenvalue weighted by Gasteiger charge is 2.58. The monoisotopic (exact) mass is 302 g/mol. The molecule has 4 nitrogen and oxygen atoms in total. The number of rotatable bonds is 2. The molecular weight excluding hydrogens is 276 g/mol. The SMILES string of the molecule is CC(C)(C)OC(=O)N1CCC2(c3ccc(CN)cc3)CC2C1. The van der Waals surface area contributed by atoms with Crippen LogP contribution in [0.1, 0.15) is 44.7 Å². The molecule has 1 aromatic carbocycles. The summed E-state index contributed by atoms with van der Waals surface area (Å²) >= 11 is 0. The van der Waals surface area contributed by atoms with Crippen LogP contribution in [0.4, 0.5) is 4.79 Å². The predicted molar refractivity (Wildman–Crippen MR) is 86.5 cm³/mol. The number of nitrogens with zero attached hydrogens (tertiary/aromatic N) is 1. The third-order valence-electron chi connectivity index (χ3n) is 4.92. The Kier molecular flexibility index (Phi) is 3.68. The fourth-order valence-corrected chi connectivity index (χ4v) is 3.58. The van der Waals surface area contributed by atoms with Gasteiger partial charge in [-0.2, -0.15) is 0 Å². The Balaban J connectivity index is 1.65. The van der Waals surface area contributed by atoms with Crippen LogP contribution in [0.5, 0.6) is 0 Å². The fourth-order valence-electron chi connectivity index (χ4n) is 3.58. The van der Waals surface area contributed by atoms with Crippen molar-refractivity contribution in [2.45, 2.75) is 51.2 Å². The Hall–Kier alpha value is -1.55. The van der Waals surface area contributed by atoms with E-state index in [2.05, 4.69) is 24.3 Å². The third-order valence-corrected chi connectivity index (χ3v) is 4.92. The maximum absolute atomic E-state index is 12.2. The first-order chi connectivity index (χ1) is 10.3. The first kappa shape index (κ1) is 15.3. The van der Waals surface area contributed by atoms with Crippen molar-refractivity contribution in [3.63, 3.8) is 0 Å². The maximum atomic E-state index is 12.2. The van der Waals surface area contributed by atoms with Crippen molar-refractivity contribution in [1.29, 1.82) is 0 Å². The first-order valence-electron chi connectivity index (χ1n) is 8.11. The van der Waals surface area contributed by atoms with Crippen molar-refractivity contribution in [2.24, 2.45) is 11.7 Å². The van der Waals surface area contributed by atoms with Gasteiger partial charge in [0.25, 0.3) is 0 Å². The van der Waals surface area contributed by atoms with E-state index in [1.165, 1.54) is 17.5 Å². The molecule has 1 saturated heterocycles. The van der Waals surface area contributed by atoms with Crippen LogP contribution in [-0.4, -0.2) is 29.7 Å². The largest absolute Gasteiger partial charge is 0.444 e. The Morgan fingerprint density at radius 3 is 2.59 bits per heavy atom. The molecule has 0 radical (unpaired) electrons. The van der Waals surface area contributed by atoms with Gasteiger partial charge in [-0.3, -0.25) is 0 Å². The Morgan fingerprint density at radius 2 is 2.05 bits per heavy atom. The lowest BCUT2D eigenvalue weighted by molar-refractivity contribution is 0.0199. The van der Waals surface area contributed by atoms with Gasteiger partial charge in [0, 0.05) is 25.0 Å². The molecule has 3 rings (SSSR count). The summed E-state index contributed by atoms with van der Waals surface area (Å²) in [6, 6.07) is 8.68. The van der Waals surface area contributed by atoms with E-state index in [1.807, 2.05) is 25.7 Å². The molecule has 2 fully saturated rings. The summed E-state index contributed by atoms with van der Waals surface area (Å²) in [7, 11) is 0. The molecule has 0 aromatic heterocycles. The third kappa shape index (κ3) is 2.84. The molecule has 22 heavy (non-hydrogen) atoms. The maximum Gasteiger partial charge on any atom is 0.410 e. The van der Waals surface area contributed by atoms with Crippen molar-refractivity contribution in [2.75, 3.05) is 13.1 Å². The van der Waals surface area contributed by atoms with E-state index in [0.29, 0.717) is 12.5 Å². The molecule has 2 aliphatic rings. The van der Waals surface area contributed by atoms with Crippen molar-refractivity contribution in [3.05, 3.63) is 35.4 Å². The Morgan fingerprint density at radius 1 is 1.36 bits per heavy atom. The average Bonchev–Trinajstić information content (AvgIpc) is 3.20. The summed E-state index contributed by atoms with van der Waals surface area (Å²) in [5.41, 5.74) is 8.10. The molecule has 1 amide bonds. The number of hydrogen-bond donors (Lipinski definition) is 1. The number of benzene rings is 1. The zero-order chi connectivity index (χ0) is 16.0. The van der Waals surface area contributed by atoms with Gasteiger partial charge in [0.1, 0.15) is 5.60 Å². The zero-order valence-electron chi connectivity index (χ0n) is 13.8. The van der Waals surface area contributed by atoms with E-state index in [-0.39, 0.29) is 11.5 Å². The topological polar surface area (TPSA) is 55.6 Å². The number of carbonyl (C=O) groups excluding carboxylic acids is 1. The highest BCUT2D eigenvalue weighted by Crippen LogP contribution is 2.59. The quantitative estimate of drug-likeness (QED) is 0.913. The summed E-state index contributed by atoms with van der Waals surface area (Å²) in [5, 5.41) is 0. The minimum absolute atomic E-state index is 0.175. The molecule has 2 atom stereocenters. The van der Waals surface area contributed by atoms with Gasteiger partial charge in [-0.05, 0) is 50.7 Å². The molecule has 0 bridgehead atoms. The lowest BCUT2D eigenvalue weighted by Crippen LogP contribution is -2.43. The number of fused-ring (bicyclic) bond motifs is 1. The molecule has 1 aromatic rings. The van der Waals surface area contributed by atoms with Crippen LogP contribution >= 0.6 is 0 Å². The molecule has 1 aliphatic heterocycles. The van der Waals surface area contributed by atoms with Crippen molar-refractivity contribution < 1.29 is 9.53 Å². The molecule has 2 unspecified atom stereocenters. The number of nitrogens with two attached hydrogens (primary N) is 1. The summed E-state index contributed by atoms with van der Waals surface area (Å²) < 4.78 is 5.49. The molecule has 2 N–H and O–H groups in total. The lowest BCUT2D eigenvalue weighted by atomic mass is 9.87. The molecular formula is C18H26N2O2. The van der Waals surface area contributed by atoms with Gasteiger partial charge in [0.05, 0.1) is 0 Å². The average molecular weight is 302 g/mol. The van der Waals surface area contributed by atoms with Gasteiger partial charge in [-0.1, -0.05) is 24.3 Å². The van der Waals surface area contributed by atoms with Gasteiger partial charge in [-0.25, -0.2) is 4.79 Å². The molecule has 1 saturated carbocycles. The van der Waals surface area contributed by atoms with Gasteiger partial charge >= 0.3 is 6.09 Å². The molecule has 1 heterocycles. The van der Waals surface area contributed by atoms with Crippen LogP contribution in [0.25, 0.3) is 0 Å². The van der Waals surface area contributed by atoms with Crippen LogP contribution in [0.3, 0.4) is 0 Å². The van der Waals surface area contributed by atoms with Crippen molar-refractivity contribution >= 4 is 6.09 Å². The van der Waals surface area contributed by atoms with E-state index in [0.717, 1.165) is 19.5 Å². The van der Waals surface area contributed by atoms with E-state index < -0.39 is 5.60 Å². The molecule has 0 spiro atoms. The number of likely N-dealkylation sites (tertiary alicyclic amines) is 1. The van der Waals surface area contributed by atoms with Crippen molar-refractivity contribution in [3.8, 4) is 0 Å². The van der Waals surface area contributed by atoms with Gasteiger partial charge in [0.15, 0.2) is 0 Å². The first-order valence-corrected chi connectivity index (χ1v) is 8.11. The second kappa shape index (κ2) is 5.27. The molecule has 4 heteroatoms. The Labute approximate surface area is 132 Å². The Bertz CT molecular complexity index is 561. The van der Waals surface area contributed by atoms with E-state index >= 15 is 0 Å². The van der Waals surface area contributed by atoms with Crippen LogP contribution in [0, 0.1) is 5.92 Å². The number of hydrogen-bond acceptors (Lipinski definition) is 3. The smallest absolute Gasteiger partial charge is 0.410 e. The van der Waals surface area contributed by atoms with Gasteiger partial charge in [-0.15, -0.1) is 0 Å². The number of ether oxygens (including phenoxy) is 1.